The first-order chi connectivity index (χ1) is 4.83. The molecule has 0 amide bonds. The number of hydrogen-bond donors (Lipinski definition) is 1. The van der Waals surface area contributed by atoms with Crippen molar-refractivity contribution in [2.45, 2.75) is 37.6 Å². The van der Waals surface area contributed by atoms with Gasteiger partial charge in [0, 0.05) is 24.8 Å². The highest BCUT2D eigenvalue weighted by Crippen LogP contribution is 2.45. The van der Waals surface area contributed by atoms with Crippen molar-refractivity contribution in [1.82, 2.24) is 0 Å². The van der Waals surface area contributed by atoms with Gasteiger partial charge in [0.1, 0.15) is 5.78 Å². The van der Waals surface area contributed by atoms with Crippen LogP contribution < -0.4 is 5.73 Å². The van der Waals surface area contributed by atoms with E-state index in [4.69, 9.17) is 5.73 Å². The molecule has 1 aliphatic carbocycles. The van der Waals surface area contributed by atoms with Crippen molar-refractivity contribution < 1.29 is 13.6 Å². The van der Waals surface area contributed by atoms with Crippen molar-refractivity contribution in [2.75, 3.05) is 0 Å². The van der Waals surface area contributed by atoms with Crippen LogP contribution in [0.15, 0.2) is 0 Å². The lowest BCUT2D eigenvalue weighted by atomic mass is 9.71. The van der Waals surface area contributed by atoms with Gasteiger partial charge in [-0.3, -0.25) is 4.79 Å². The van der Waals surface area contributed by atoms with E-state index in [0.717, 1.165) is 0 Å². The summed E-state index contributed by atoms with van der Waals surface area (Å²) in [7, 11) is 0. The standard InChI is InChI=1S/C7H11F2NO.ClH/c1-5(11)2-6(10)3-7(8,9)4-6;/h2-4,10H2,1H3;1H. The van der Waals surface area contributed by atoms with Gasteiger partial charge in [0.05, 0.1) is 0 Å². The Labute approximate surface area is 75.9 Å². The number of rotatable bonds is 2. The number of nitrogens with two attached hydrogens (primary N) is 1. The number of carbonyl (C=O) groups is 1. The highest BCUT2D eigenvalue weighted by Gasteiger charge is 2.54. The minimum absolute atomic E-state index is 0. The Bertz CT molecular complexity index is 188. The zero-order chi connectivity index (χ0) is 8.70. The van der Waals surface area contributed by atoms with E-state index in [9.17, 15) is 13.6 Å². The van der Waals surface area contributed by atoms with Gasteiger partial charge in [0.2, 0.25) is 0 Å². The van der Waals surface area contributed by atoms with Crippen LogP contribution in [-0.2, 0) is 4.79 Å². The van der Waals surface area contributed by atoms with Crippen LogP contribution in [0.2, 0.25) is 0 Å². The van der Waals surface area contributed by atoms with Crippen LogP contribution in [-0.4, -0.2) is 17.2 Å². The molecule has 1 saturated carbocycles. The zero-order valence-electron chi connectivity index (χ0n) is 6.77. The van der Waals surface area contributed by atoms with Crippen LogP contribution in [0.25, 0.3) is 0 Å². The summed E-state index contributed by atoms with van der Waals surface area (Å²) in [4.78, 5) is 10.5. The van der Waals surface area contributed by atoms with Crippen LogP contribution in [0, 0.1) is 0 Å². The van der Waals surface area contributed by atoms with E-state index < -0.39 is 11.5 Å². The molecule has 12 heavy (non-hydrogen) atoms. The molecule has 0 aromatic heterocycles. The van der Waals surface area contributed by atoms with E-state index in [1.54, 1.807) is 0 Å². The Morgan fingerprint density at radius 1 is 1.50 bits per heavy atom. The van der Waals surface area contributed by atoms with Crippen molar-refractivity contribution in [3.8, 4) is 0 Å². The summed E-state index contributed by atoms with van der Waals surface area (Å²) in [6, 6.07) is 0. The maximum absolute atomic E-state index is 12.3. The molecule has 0 aromatic carbocycles. The van der Waals surface area contributed by atoms with E-state index in [1.807, 2.05) is 0 Å². The molecule has 0 unspecified atom stereocenters. The molecule has 5 heteroatoms. The summed E-state index contributed by atoms with van der Waals surface area (Å²) < 4.78 is 24.6. The topological polar surface area (TPSA) is 43.1 Å². The molecule has 0 aliphatic heterocycles. The molecule has 0 aromatic rings. The lowest BCUT2D eigenvalue weighted by Crippen LogP contribution is -2.58. The summed E-state index contributed by atoms with van der Waals surface area (Å²) >= 11 is 0. The average Bonchev–Trinajstić information content (AvgIpc) is 1.52. The quantitative estimate of drug-likeness (QED) is 0.733. The summed E-state index contributed by atoms with van der Waals surface area (Å²) in [6.07, 6.45) is -0.623. The van der Waals surface area contributed by atoms with Gasteiger partial charge in [-0.1, -0.05) is 0 Å². The highest BCUT2D eigenvalue weighted by molar-refractivity contribution is 5.85. The van der Waals surface area contributed by atoms with Crippen LogP contribution in [0.3, 0.4) is 0 Å². The molecular formula is C7H12ClF2NO. The van der Waals surface area contributed by atoms with Crippen LogP contribution in [0.1, 0.15) is 26.2 Å². The van der Waals surface area contributed by atoms with Gasteiger partial charge < -0.3 is 5.73 Å². The molecule has 2 nitrogen and oxygen atoms in total. The molecule has 0 radical (unpaired) electrons. The molecule has 72 valence electrons. The second-order valence-electron chi connectivity index (χ2n) is 3.45. The van der Waals surface area contributed by atoms with Gasteiger partial charge in [-0.05, 0) is 6.92 Å². The van der Waals surface area contributed by atoms with Crippen molar-refractivity contribution in [1.29, 1.82) is 0 Å². The Hall–Kier alpha value is -0.220. The van der Waals surface area contributed by atoms with Crippen LogP contribution in [0.4, 0.5) is 8.78 Å². The Morgan fingerprint density at radius 2 is 1.92 bits per heavy atom. The summed E-state index contributed by atoms with van der Waals surface area (Å²) in [6.45, 7) is 1.37. The smallest absolute Gasteiger partial charge is 0.251 e. The third-order valence-electron chi connectivity index (χ3n) is 1.82. The number of hydrogen-bond acceptors (Lipinski definition) is 2. The highest BCUT2D eigenvalue weighted by atomic mass is 35.5. The number of alkyl halides is 2. The minimum atomic E-state index is -2.63. The molecule has 0 spiro atoms. The molecule has 0 bridgehead atoms. The second kappa shape index (κ2) is 3.26. The zero-order valence-corrected chi connectivity index (χ0v) is 7.59. The maximum atomic E-state index is 12.3. The van der Waals surface area contributed by atoms with Gasteiger partial charge in [-0.15, -0.1) is 12.4 Å². The molecule has 1 fully saturated rings. The Morgan fingerprint density at radius 3 is 2.17 bits per heavy atom. The fourth-order valence-electron chi connectivity index (χ4n) is 1.60. The SMILES string of the molecule is CC(=O)CC1(N)CC(F)(F)C1.Cl. The van der Waals surface area contributed by atoms with Gasteiger partial charge in [0.25, 0.3) is 5.92 Å². The van der Waals surface area contributed by atoms with E-state index in [1.165, 1.54) is 6.92 Å². The third kappa shape index (κ3) is 2.68. The molecule has 2 N–H and O–H groups in total. The van der Waals surface area contributed by atoms with Gasteiger partial charge in [-0.2, -0.15) is 0 Å². The predicted molar refractivity (Wildman–Crippen MR) is 43.6 cm³/mol. The fourth-order valence-corrected chi connectivity index (χ4v) is 1.60. The number of carbonyl (C=O) groups excluding carboxylic acids is 1. The first-order valence-corrected chi connectivity index (χ1v) is 3.49. The number of halogens is 3. The number of Topliss-reactive ketones (excluding diaryl/α,β-unsaturated/α-hetero) is 1. The molecule has 1 aliphatic rings. The predicted octanol–water partition coefficient (Wildman–Crippen LogP) is 1.51. The largest absolute Gasteiger partial charge is 0.324 e. The van der Waals surface area contributed by atoms with Crippen molar-refractivity contribution >= 4 is 18.2 Å². The van der Waals surface area contributed by atoms with Crippen molar-refractivity contribution in [2.24, 2.45) is 5.73 Å². The van der Waals surface area contributed by atoms with E-state index >= 15 is 0 Å². The van der Waals surface area contributed by atoms with Crippen LogP contribution in [0.5, 0.6) is 0 Å². The molecule has 0 heterocycles. The summed E-state index contributed by atoms with van der Waals surface area (Å²) in [5.74, 6) is -2.76. The maximum Gasteiger partial charge on any atom is 0.251 e. The molecule has 0 atom stereocenters. The fraction of sp³-hybridized carbons (Fsp3) is 0.857. The first-order valence-electron chi connectivity index (χ1n) is 3.49. The molecule has 1 rings (SSSR count). The lowest BCUT2D eigenvalue weighted by molar-refractivity contribution is -0.136. The Balaban J connectivity index is 0.00000121. The normalized spacial score (nSPS) is 23.7. The third-order valence-corrected chi connectivity index (χ3v) is 1.82. The lowest BCUT2D eigenvalue weighted by Gasteiger charge is -2.43. The summed E-state index contributed by atoms with van der Waals surface area (Å²) in [5, 5.41) is 0. The van der Waals surface area contributed by atoms with Crippen molar-refractivity contribution in [3.63, 3.8) is 0 Å². The van der Waals surface area contributed by atoms with Crippen molar-refractivity contribution in [3.05, 3.63) is 0 Å². The average molecular weight is 200 g/mol. The first kappa shape index (κ1) is 11.8. The van der Waals surface area contributed by atoms with E-state index in [0.29, 0.717) is 0 Å². The van der Waals surface area contributed by atoms with Gasteiger partial charge in [0.15, 0.2) is 0 Å². The van der Waals surface area contributed by atoms with E-state index in [2.05, 4.69) is 0 Å². The Kier molecular flexibility index (Phi) is 3.20. The molecule has 0 saturated heterocycles. The number of ketones is 1. The minimum Gasteiger partial charge on any atom is -0.324 e. The van der Waals surface area contributed by atoms with Crippen LogP contribution >= 0.6 is 12.4 Å². The molecular weight excluding hydrogens is 188 g/mol. The van der Waals surface area contributed by atoms with Gasteiger partial charge >= 0.3 is 0 Å². The monoisotopic (exact) mass is 199 g/mol. The second-order valence-corrected chi connectivity index (χ2v) is 3.45. The van der Waals surface area contributed by atoms with E-state index in [-0.39, 0.29) is 37.5 Å². The van der Waals surface area contributed by atoms with Gasteiger partial charge in [-0.25, -0.2) is 8.78 Å². The summed E-state index contributed by atoms with van der Waals surface area (Å²) in [5.41, 5.74) is 4.56.